The Morgan fingerprint density at radius 1 is 1.41 bits per heavy atom. The third kappa shape index (κ3) is 3.70. The SMILES string of the molecule is CC(=[NH2+])N=N[NH2+]Cc1nc2cnc3ccc(Cl)cc3c2n1C1CN(C)CC1(F)F. The number of benzene rings is 1. The van der Waals surface area contributed by atoms with Gasteiger partial charge >= 0.3 is 5.84 Å². The molecule has 1 unspecified atom stereocenters. The second-order valence-electron chi connectivity index (χ2n) is 7.27. The zero-order valence-corrected chi connectivity index (χ0v) is 16.7. The van der Waals surface area contributed by atoms with Gasteiger partial charge in [-0.3, -0.25) is 15.3 Å². The summed E-state index contributed by atoms with van der Waals surface area (Å²) in [4.78, 5) is 10.6. The number of imidazole rings is 1. The molecule has 0 aliphatic carbocycles. The smallest absolute Gasteiger partial charge is 0.312 e. The number of pyridine rings is 1. The number of nitrogens with two attached hydrogens (primary N) is 2. The van der Waals surface area contributed by atoms with Crippen molar-refractivity contribution in [2.75, 3.05) is 20.1 Å². The van der Waals surface area contributed by atoms with Crippen LogP contribution in [0.5, 0.6) is 0 Å². The maximum Gasteiger partial charge on any atom is 0.319 e. The van der Waals surface area contributed by atoms with Gasteiger partial charge in [0.05, 0.1) is 23.8 Å². The molecule has 29 heavy (non-hydrogen) atoms. The van der Waals surface area contributed by atoms with Gasteiger partial charge < -0.3 is 4.57 Å². The van der Waals surface area contributed by atoms with Crippen molar-refractivity contribution in [3.8, 4) is 0 Å². The van der Waals surface area contributed by atoms with Crippen LogP contribution in [0.15, 0.2) is 34.7 Å². The number of hydrogen-bond donors (Lipinski definition) is 2. The molecular weight excluding hydrogens is 402 g/mol. The van der Waals surface area contributed by atoms with Gasteiger partial charge in [-0.05, 0) is 25.2 Å². The highest BCUT2D eigenvalue weighted by atomic mass is 35.5. The highest BCUT2D eigenvalue weighted by molar-refractivity contribution is 6.31. The summed E-state index contributed by atoms with van der Waals surface area (Å²) in [6.07, 6.45) is 1.60. The Kier molecular flexibility index (Phi) is 5.01. The Hall–Kier alpha value is -2.56. The topological polar surface area (TPSA) is 101 Å². The minimum Gasteiger partial charge on any atom is -0.312 e. The highest BCUT2D eigenvalue weighted by Crippen LogP contribution is 2.40. The number of aromatic nitrogens is 3. The average molecular weight is 423 g/mol. The fraction of sp³-hybridized carbons (Fsp3) is 0.389. The lowest BCUT2D eigenvalue weighted by Crippen LogP contribution is -2.76. The molecule has 11 heteroatoms. The van der Waals surface area contributed by atoms with Gasteiger partial charge in [0.2, 0.25) is 0 Å². The standard InChI is InChI=1S/C18H19ClF2N8/c1-10(22)26-27-24-7-16-25-14-6-23-13-4-3-11(19)5-12(13)17(14)29(16)15-8-28(2)9-18(15,20)21/h3-6,15H,7-9H2,1-2H3,(H2,22,24,26)/p+2. The van der Waals surface area contributed by atoms with Gasteiger partial charge in [-0.1, -0.05) is 11.6 Å². The van der Waals surface area contributed by atoms with Gasteiger partial charge in [-0.2, -0.15) is 5.43 Å². The van der Waals surface area contributed by atoms with E-state index < -0.39 is 12.0 Å². The molecule has 152 valence electrons. The molecule has 1 aromatic carbocycles. The van der Waals surface area contributed by atoms with E-state index in [1.54, 1.807) is 47.8 Å². The van der Waals surface area contributed by atoms with E-state index >= 15 is 0 Å². The molecular formula is C18H21ClF2N8+2. The fourth-order valence-electron chi connectivity index (χ4n) is 3.76. The van der Waals surface area contributed by atoms with Gasteiger partial charge in [-0.15, -0.1) is 0 Å². The van der Waals surface area contributed by atoms with E-state index in [2.05, 4.69) is 20.3 Å². The van der Waals surface area contributed by atoms with E-state index in [9.17, 15) is 8.78 Å². The third-order valence-electron chi connectivity index (χ3n) is 4.89. The van der Waals surface area contributed by atoms with Crippen molar-refractivity contribution in [2.24, 2.45) is 10.3 Å². The number of halogens is 3. The molecule has 1 atom stereocenters. The van der Waals surface area contributed by atoms with Gasteiger partial charge in [-0.25, -0.2) is 13.8 Å². The van der Waals surface area contributed by atoms with Crippen molar-refractivity contribution >= 4 is 39.4 Å². The molecule has 0 bridgehead atoms. The van der Waals surface area contributed by atoms with Crippen LogP contribution in [-0.4, -0.2) is 51.3 Å². The Labute approximate surface area is 170 Å². The minimum absolute atomic E-state index is 0.201. The molecule has 8 nitrogen and oxygen atoms in total. The molecule has 4 N–H and O–H groups in total. The summed E-state index contributed by atoms with van der Waals surface area (Å²) in [6, 6.07) is 4.17. The van der Waals surface area contributed by atoms with Crippen molar-refractivity contribution in [3.05, 3.63) is 35.2 Å². The molecule has 1 aliphatic heterocycles. The van der Waals surface area contributed by atoms with Crippen molar-refractivity contribution in [2.45, 2.75) is 25.4 Å². The van der Waals surface area contributed by atoms with Crippen LogP contribution < -0.4 is 10.8 Å². The van der Waals surface area contributed by atoms with Crippen LogP contribution in [-0.2, 0) is 6.54 Å². The van der Waals surface area contributed by atoms with Crippen LogP contribution >= 0.6 is 11.6 Å². The maximum atomic E-state index is 14.9. The lowest BCUT2D eigenvalue weighted by atomic mass is 10.1. The van der Waals surface area contributed by atoms with E-state index in [4.69, 9.17) is 17.0 Å². The first-order chi connectivity index (χ1) is 13.8. The van der Waals surface area contributed by atoms with Crippen LogP contribution in [0.2, 0.25) is 5.02 Å². The zero-order valence-electron chi connectivity index (χ0n) is 16.0. The van der Waals surface area contributed by atoms with Crippen molar-refractivity contribution < 1.29 is 19.6 Å². The number of likely N-dealkylation sites (N-methyl/N-ethyl adjacent to an activating group) is 1. The average Bonchev–Trinajstić information content (AvgIpc) is 3.13. The first kappa shape index (κ1) is 19.7. The largest absolute Gasteiger partial charge is 0.319 e. The Morgan fingerprint density at radius 3 is 2.90 bits per heavy atom. The monoisotopic (exact) mass is 422 g/mol. The lowest BCUT2D eigenvalue weighted by molar-refractivity contribution is -0.685. The van der Waals surface area contributed by atoms with E-state index in [0.29, 0.717) is 38.6 Å². The highest BCUT2D eigenvalue weighted by Gasteiger charge is 2.49. The Bertz CT molecular complexity index is 1130. The number of amidine groups is 1. The molecule has 1 fully saturated rings. The van der Waals surface area contributed by atoms with E-state index in [-0.39, 0.29) is 19.6 Å². The van der Waals surface area contributed by atoms with Gasteiger partial charge in [0.15, 0.2) is 12.4 Å². The van der Waals surface area contributed by atoms with E-state index in [1.807, 2.05) is 0 Å². The first-order valence-electron chi connectivity index (χ1n) is 9.09. The summed E-state index contributed by atoms with van der Waals surface area (Å²) in [5.41, 5.74) is 3.31. The zero-order chi connectivity index (χ0) is 20.8. The summed E-state index contributed by atoms with van der Waals surface area (Å²) in [5, 5.41) is 14.3. The van der Waals surface area contributed by atoms with Crippen molar-refractivity contribution in [3.63, 3.8) is 0 Å². The lowest BCUT2D eigenvalue weighted by Gasteiger charge is -2.22. The Balaban J connectivity index is 1.91. The van der Waals surface area contributed by atoms with E-state index in [1.165, 1.54) is 5.43 Å². The summed E-state index contributed by atoms with van der Waals surface area (Å²) >= 11 is 6.19. The number of likely N-dealkylation sites (tertiary alicyclic amines) is 1. The van der Waals surface area contributed by atoms with Gasteiger partial charge in [0.25, 0.3) is 5.92 Å². The fourth-order valence-corrected chi connectivity index (χ4v) is 3.93. The van der Waals surface area contributed by atoms with Crippen LogP contribution in [0.1, 0.15) is 18.8 Å². The van der Waals surface area contributed by atoms with Crippen LogP contribution in [0.25, 0.3) is 21.9 Å². The molecule has 0 saturated carbocycles. The second-order valence-corrected chi connectivity index (χ2v) is 7.71. The molecule has 0 amide bonds. The summed E-state index contributed by atoms with van der Waals surface area (Å²) in [5.74, 6) is -2.14. The number of hydrogen-bond acceptors (Lipinski definition) is 4. The quantitative estimate of drug-likeness (QED) is 0.215. The van der Waals surface area contributed by atoms with Crippen LogP contribution in [0.4, 0.5) is 8.78 Å². The summed E-state index contributed by atoms with van der Waals surface area (Å²) < 4.78 is 31.4. The number of rotatable bonds is 4. The second kappa shape index (κ2) is 7.36. The molecule has 0 radical (unpaired) electrons. The number of quaternary nitrogens is 1. The maximum absolute atomic E-state index is 14.9. The van der Waals surface area contributed by atoms with Crippen LogP contribution in [0, 0.1) is 0 Å². The predicted octanol–water partition coefficient (Wildman–Crippen LogP) is 0.968. The molecule has 0 spiro atoms. The minimum atomic E-state index is -2.91. The molecule has 1 saturated heterocycles. The van der Waals surface area contributed by atoms with Crippen LogP contribution in [0.3, 0.4) is 0 Å². The van der Waals surface area contributed by atoms with Gasteiger partial charge in [0.1, 0.15) is 21.9 Å². The number of fused-ring (bicyclic) bond motifs is 3. The third-order valence-corrected chi connectivity index (χ3v) is 5.12. The first-order valence-corrected chi connectivity index (χ1v) is 9.47. The van der Waals surface area contributed by atoms with Crippen molar-refractivity contribution in [1.82, 2.24) is 19.4 Å². The molecule has 4 rings (SSSR count). The van der Waals surface area contributed by atoms with Crippen molar-refractivity contribution in [1.29, 1.82) is 0 Å². The summed E-state index contributed by atoms with van der Waals surface area (Å²) in [7, 11) is 1.68. The normalized spacial score (nSPS) is 19.7. The molecule has 2 aromatic heterocycles. The Morgan fingerprint density at radius 2 is 2.21 bits per heavy atom. The molecule has 3 aromatic rings. The number of nitrogens with zero attached hydrogens (tertiary/aromatic N) is 6. The van der Waals surface area contributed by atoms with Gasteiger partial charge in [0, 0.05) is 23.9 Å². The number of alkyl halides is 2. The van der Waals surface area contributed by atoms with E-state index in [0.717, 1.165) is 0 Å². The summed E-state index contributed by atoms with van der Waals surface area (Å²) in [6.45, 7) is 1.73. The predicted molar refractivity (Wildman–Crippen MR) is 105 cm³/mol. The molecule has 3 heterocycles. The molecule has 1 aliphatic rings.